The Bertz CT molecular complexity index is 1250. The Morgan fingerprint density at radius 3 is 2.23 bits per heavy atom. The second-order valence-corrected chi connectivity index (χ2v) is 10.9. The molecule has 2 aromatic carbocycles. The van der Waals surface area contributed by atoms with Gasteiger partial charge in [0.05, 0.1) is 6.61 Å². The lowest BCUT2D eigenvalue weighted by Crippen LogP contribution is -2.36. The van der Waals surface area contributed by atoms with Crippen molar-refractivity contribution in [3.63, 3.8) is 0 Å². The molecule has 4 rings (SSSR count). The first-order chi connectivity index (χ1) is 16.6. The standard InChI is InChI=1S/C30H37N3O2/c1-7-34-24-17-15-23(16-18-24)26-28(32-30(5,6)21-29(2,3)4)33-19-11-14-25(27(33)31-26)35-20-22-12-9-8-10-13-22/h8-19,32H,7,20-21H2,1-6H3. The summed E-state index contributed by atoms with van der Waals surface area (Å²) in [5.41, 5.74) is 3.87. The van der Waals surface area contributed by atoms with E-state index < -0.39 is 0 Å². The second kappa shape index (κ2) is 10.0. The Labute approximate surface area is 209 Å². The van der Waals surface area contributed by atoms with Crippen molar-refractivity contribution in [3.05, 3.63) is 78.5 Å². The summed E-state index contributed by atoms with van der Waals surface area (Å²) in [6.07, 6.45) is 3.05. The number of hydrogen-bond acceptors (Lipinski definition) is 4. The van der Waals surface area contributed by atoms with Gasteiger partial charge in [-0.15, -0.1) is 0 Å². The maximum absolute atomic E-state index is 6.24. The summed E-state index contributed by atoms with van der Waals surface area (Å²) < 4.78 is 14.0. The summed E-state index contributed by atoms with van der Waals surface area (Å²) in [5, 5.41) is 3.82. The molecule has 0 aliphatic rings. The normalized spacial score (nSPS) is 12.1. The highest BCUT2D eigenvalue weighted by Gasteiger charge is 2.28. The highest BCUT2D eigenvalue weighted by molar-refractivity contribution is 5.79. The molecule has 0 spiro atoms. The van der Waals surface area contributed by atoms with Crippen molar-refractivity contribution < 1.29 is 9.47 Å². The van der Waals surface area contributed by atoms with Crippen LogP contribution in [0.3, 0.4) is 0 Å². The number of rotatable bonds is 9. The molecule has 35 heavy (non-hydrogen) atoms. The largest absolute Gasteiger partial charge is 0.494 e. The van der Waals surface area contributed by atoms with Gasteiger partial charge in [-0.3, -0.25) is 4.40 Å². The molecular formula is C30H37N3O2. The van der Waals surface area contributed by atoms with Crippen LogP contribution >= 0.6 is 0 Å². The first-order valence-corrected chi connectivity index (χ1v) is 12.3. The first kappa shape index (κ1) is 24.6. The smallest absolute Gasteiger partial charge is 0.181 e. The maximum Gasteiger partial charge on any atom is 0.181 e. The molecule has 2 aromatic heterocycles. The van der Waals surface area contributed by atoms with Gasteiger partial charge in [-0.25, -0.2) is 4.98 Å². The van der Waals surface area contributed by atoms with Crippen LogP contribution in [0.1, 0.15) is 53.5 Å². The van der Waals surface area contributed by atoms with Gasteiger partial charge in [0, 0.05) is 17.3 Å². The first-order valence-electron chi connectivity index (χ1n) is 12.3. The molecule has 0 radical (unpaired) electrons. The summed E-state index contributed by atoms with van der Waals surface area (Å²) in [4.78, 5) is 5.09. The molecule has 5 nitrogen and oxygen atoms in total. The number of nitrogens with one attached hydrogen (secondary N) is 1. The predicted octanol–water partition coefficient (Wildman–Crippen LogP) is 7.61. The minimum Gasteiger partial charge on any atom is -0.494 e. The third kappa shape index (κ3) is 6.16. The van der Waals surface area contributed by atoms with Crippen molar-refractivity contribution in [1.82, 2.24) is 9.38 Å². The highest BCUT2D eigenvalue weighted by atomic mass is 16.5. The number of aromatic nitrogens is 2. The highest BCUT2D eigenvalue weighted by Crippen LogP contribution is 2.37. The minimum absolute atomic E-state index is 0.144. The van der Waals surface area contributed by atoms with Crippen LogP contribution in [0, 0.1) is 5.41 Å². The van der Waals surface area contributed by atoms with E-state index in [0.29, 0.717) is 13.2 Å². The van der Waals surface area contributed by atoms with E-state index in [1.54, 1.807) is 0 Å². The average Bonchev–Trinajstić information content (AvgIpc) is 3.16. The zero-order chi connectivity index (χ0) is 25.1. The van der Waals surface area contributed by atoms with Gasteiger partial charge >= 0.3 is 0 Å². The fraction of sp³-hybridized carbons (Fsp3) is 0.367. The van der Waals surface area contributed by atoms with Crippen LogP contribution in [-0.2, 0) is 6.61 Å². The van der Waals surface area contributed by atoms with Crippen molar-refractivity contribution in [3.8, 4) is 22.8 Å². The molecule has 0 atom stereocenters. The topological polar surface area (TPSA) is 47.8 Å². The van der Waals surface area contributed by atoms with Crippen LogP contribution in [-0.4, -0.2) is 21.5 Å². The van der Waals surface area contributed by atoms with Crippen molar-refractivity contribution in [2.24, 2.45) is 5.41 Å². The Morgan fingerprint density at radius 1 is 0.857 bits per heavy atom. The van der Waals surface area contributed by atoms with Gasteiger partial charge in [0.1, 0.15) is 23.9 Å². The number of anilines is 1. The Kier molecular flexibility index (Phi) is 7.06. The lowest BCUT2D eigenvalue weighted by molar-refractivity contribution is 0.301. The van der Waals surface area contributed by atoms with Gasteiger partial charge in [0.15, 0.2) is 11.4 Å². The van der Waals surface area contributed by atoms with Gasteiger partial charge in [-0.05, 0) is 74.6 Å². The summed E-state index contributed by atoms with van der Waals surface area (Å²) >= 11 is 0. The summed E-state index contributed by atoms with van der Waals surface area (Å²) in [5.74, 6) is 2.57. The van der Waals surface area contributed by atoms with Crippen LogP contribution in [0.25, 0.3) is 16.9 Å². The lowest BCUT2D eigenvalue weighted by Gasteiger charge is -2.34. The SMILES string of the molecule is CCOc1ccc(-c2nc3c(OCc4ccccc4)cccn3c2NC(C)(C)CC(C)(C)C)cc1. The Balaban J connectivity index is 1.77. The van der Waals surface area contributed by atoms with Crippen LogP contribution in [0.2, 0.25) is 0 Å². The van der Waals surface area contributed by atoms with Crippen LogP contribution in [0.15, 0.2) is 72.9 Å². The number of fused-ring (bicyclic) bond motifs is 1. The van der Waals surface area contributed by atoms with Gasteiger partial charge in [-0.1, -0.05) is 51.1 Å². The van der Waals surface area contributed by atoms with Crippen LogP contribution in [0.5, 0.6) is 11.5 Å². The van der Waals surface area contributed by atoms with Gasteiger partial charge in [-0.2, -0.15) is 0 Å². The van der Waals surface area contributed by atoms with E-state index in [-0.39, 0.29) is 11.0 Å². The molecular weight excluding hydrogens is 434 g/mol. The fourth-order valence-electron chi connectivity index (χ4n) is 4.78. The van der Waals surface area contributed by atoms with E-state index in [1.165, 1.54) is 0 Å². The lowest BCUT2D eigenvalue weighted by atomic mass is 9.82. The quantitative estimate of drug-likeness (QED) is 0.273. The van der Waals surface area contributed by atoms with E-state index in [1.807, 2.05) is 55.6 Å². The van der Waals surface area contributed by atoms with E-state index in [2.05, 4.69) is 68.6 Å². The number of hydrogen-bond donors (Lipinski definition) is 1. The molecule has 0 amide bonds. The van der Waals surface area contributed by atoms with E-state index in [0.717, 1.165) is 46.2 Å². The third-order valence-electron chi connectivity index (χ3n) is 5.72. The summed E-state index contributed by atoms with van der Waals surface area (Å²) in [6.45, 7) is 14.4. The molecule has 0 saturated carbocycles. The average molecular weight is 472 g/mol. The Morgan fingerprint density at radius 2 is 1.57 bits per heavy atom. The van der Waals surface area contributed by atoms with Gasteiger partial charge < -0.3 is 14.8 Å². The van der Waals surface area contributed by atoms with E-state index in [9.17, 15) is 0 Å². The van der Waals surface area contributed by atoms with Crippen LogP contribution in [0.4, 0.5) is 5.82 Å². The molecule has 4 aromatic rings. The van der Waals surface area contributed by atoms with Crippen molar-refractivity contribution in [2.45, 2.75) is 60.1 Å². The number of imidazole rings is 1. The number of benzene rings is 2. The molecule has 0 unspecified atom stereocenters. The molecule has 0 saturated heterocycles. The molecule has 0 aliphatic carbocycles. The number of pyridine rings is 1. The third-order valence-corrected chi connectivity index (χ3v) is 5.72. The molecule has 5 heteroatoms. The van der Waals surface area contributed by atoms with E-state index >= 15 is 0 Å². The molecule has 0 aliphatic heterocycles. The van der Waals surface area contributed by atoms with Gasteiger partial charge in [0.2, 0.25) is 0 Å². The maximum atomic E-state index is 6.24. The molecule has 0 fully saturated rings. The minimum atomic E-state index is -0.144. The van der Waals surface area contributed by atoms with Crippen molar-refractivity contribution >= 4 is 11.5 Å². The van der Waals surface area contributed by atoms with E-state index in [4.69, 9.17) is 14.5 Å². The summed E-state index contributed by atoms with van der Waals surface area (Å²) in [7, 11) is 0. The van der Waals surface area contributed by atoms with Gasteiger partial charge in [0.25, 0.3) is 0 Å². The fourth-order valence-corrected chi connectivity index (χ4v) is 4.78. The predicted molar refractivity (Wildman–Crippen MR) is 144 cm³/mol. The molecule has 2 heterocycles. The molecule has 0 bridgehead atoms. The second-order valence-electron chi connectivity index (χ2n) is 10.9. The zero-order valence-electron chi connectivity index (χ0n) is 21.8. The monoisotopic (exact) mass is 471 g/mol. The Hall–Kier alpha value is -3.47. The number of ether oxygens (including phenoxy) is 2. The number of nitrogens with zero attached hydrogens (tertiary/aromatic N) is 2. The van der Waals surface area contributed by atoms with Crippen molar-refractivity contribution in [2.75, 3.05) is 11.9 Å². The molecule has 1 N–H and O–H groups in total. The van der Waals surface area contributed by atoms with Crippen LogP contribution < -0.4 is 14.8 Å². The summed E-state index contributed by atoms with van der Waals surface area (Å²) in [6, 6.07) is 22.3. The van der Waals surface area contributed by atoms with Crippen molar-refractivity contribution in [1.29, 1.82) is 0 Å². The zero-order valence-corrected chi connectivity index (χ0v) is 21.8. The molecule has 184 valence electrons.